The van der Waals surface area contributed by atoms with Gasteiger partial charge in [-0.15, -0.1) is 13.2 Å². The van der Waals surface area contributed by atoms with Crippen molar-refractivity contribution in [2.45, 2.75) is 12.9 Å². The van der Waals surface area contributed by atoms with Crippen LogP contribution in [0.15, 0.2) is 77.7 Å². The van der Waals surface area contributed by atoms with E-state index in [2.05, 4.69) is 14.8 Å². The number of rotatable bonds is 4. The van der Waals surface area contributed by atoms with Crippen molar-refractivity contribution in [1.29, 1.82) is 0 Å². The predicted molar refractivity (Wildman–Crippen MR) is 109 cm³/mol. The minimum Gasteiger partial charge on any atom is -0.406 e. The van der Waals surface area contributed by atoms with Crippen LogP contribution >= 0.6 is 0 Å². The van der Waals surface area contributed by atoms with Crippen molar-refractivity contribution in [3.63, 3.8) is 0 Å². The molecule has 0 spiro atoms. The lowest BCUT2D eigenvalue weighted by Gasteiger charge is -2.08. The van der Waals surface area contributed by atoms with Crippen molar-refractivity contribution in [3.05, 3.63) is 89.1 Å². The Kier molecular flexibility index (Phi) is 4.32. The molecule has 0 amide bonds. The van der Waals surface area contributed by atoms with E-state index in [-0.39, 0.29) is 18.0 Å². The number of halogens is 3. The summed E-state index contributed by atoms with van der Waals surface area (Å²) in [4.78, 5) is 17.4. The number of H-pyrrole nitrogens is 1. The monoisotopic (exact) mass is 424 g/mol. The number of benzene rings is 2. The molecule has 2 aromatic carbocycles. The van der Waals surface area contributed by atoms with Gasteiger partial charge >= 0.3 is 12.1 Å². The minimum absolute atomic E-state index is 0.270. The van der Waals surface area contributed by atoms with Crippen LogP contribution in [0.25, 0.3) is 27.7 Å². The number of ether oxygens (including phenoxy) is 1. The number of hydrogen-bond donors (Lipinski definition) is 1. The zero-order chi connectivity index (χ0) is 21.6. The molecule has 9 heteroatoms. The van der Waals surface area contributed by atoms with E-state index in [1.807, 2.05) is 36.4 Å². The molecule has 0 radical (unpaired) electrons. The van der Waals surface area contributed by atoms with Gasteiger partial charge in [0.05, 0.1) is 17.8 Å². The quantitative estimate of drug-likeness (QED) is 0.459. The van der Waals surface area contributed by atoms with E-state index in [0.29, 0.717) is 16.8 Å². The van der Waals surface area contributed by atoms with Crippen LogP contribution < -0.4 is 10.4 Å². The maximum absolute atomic E-state index is 12.8. The van der Waals surface area contributed by atoms with Gasteiger partial charge in [-0.25, -0.2) is 9.48 Å². The van der Waals surface area contributed by atoms with E-state index in [1.165, 1.54) is 33.3 Å². The van der Waals surface area contributed by atoms with Crippen molar-refractivity contribution in [1.82, 2.24) is 19.2 Å². The number of nitrogens with one attached hydrogen (secondary N) is 1. The number of fused-ring (bicyclic) bond motifs is 2. The first-order valence-corrected chi connectivity index (χ1v) is 9.37. The van der Waals surface area contributed by atoms with Crippen LogP contribution in [0.4, 0.5) is 13.2 Å². The van der Waals surface area contributed by atoms with E-state index in [0.717, 1.165) is 16.6 Å². The van der Waals surface area contributed by atoms with Crippen molar-refractivity contribution >= 4 is 16.6 Å². The Balaban J connectivity index is 1.41. The average molecular weight is 424 g/mol. The zero-order valence-corrected chi connectivity index (χ0v) is 15.9. The molecule has 1 N–H and O–H groups in total. The second-order valence-corrected chi connectivity index (χ2v) is 7.03. The summed E-state index contributed by atoms with van der Waals surface area (Å²) in [6.45, 7) is 0.282. The number of nitrogens with zero attached hydrogens (tertiary/aromatic N) is 3. The van der Waals surface area contributed by atoms with Crippen LogP contribution in [0.5, 0.6) is 5.75 Å². The van der Waals surface area contributed by atoms with E-state index >= 15 is 0 Å². The standard InChI is InChI=1S/C22H15F3N4O2/c23-22(24,25)31-18-9-6-14(7-10-18)16-11-20-27-29(21(30)28(20)12-16)13-17-8-5-15-3-1-2-4-19(15)26-17/h1-12,27H,13H2. The van der Waals surface area contributed by atoms with Gasteiger partial charge in [0.15, 0.2) is 0 Å². The van der Waals surface area contributed by atoms with E-state index in [4.69, 9.17) is 0 Å². The normalized spacial score (nSPS) is 12.0. The van der Waals surface area contributed by atoms with Gasteiger partial charge in [-0.05, 0) is 35.9 Å². The van der Waals surface area contributed by atoms with Gasteiger partial charge in [-0.3, -0.25) is 14.5 Å². The first kappa shape index (κ1) is 19.0. The molecular formula is C22H15F3N4O2. The van der Waals surface area contributed by atoms with Gasteiger partial charge in [0.25, 0.3) is 0 Å². The zero-order valence-electron chi connectivity index (χ0n) is 15.9. The fourth-order valence-corrected chi connectivity index (χ4v) is 3.50. The summed E-state index contributed by atoms with van der Waals surface area (Å²) in [5.41, 5.74) is 3.24. The van der Waals surface area contributed by atoms with Crippen molar-refractivity contribution in [2.24, 2.45) is 0 Å². The molecular weight excluding hydrogens is 409 g/mol. The molecule has 3 heterocycles. The fraction of sp³-hybridized carbons (Fsp3) is 0.0909. The van der Waals surface area contributed by atoms with E-state index in [9.17, 15) is 18.0 Å². The summed E-state index contributed by atoms with van der Waals surface area (Å²) >= 11 is 0. The third-order valence-electron chi connectivity index (χ3n) is 4.90. The number of aromatic amines is 1. The third kappa shape index (κ3) is 3.77. The second kappa shape index (κ2) is 7.05. The number of aromatic nitrogens is 4. The number of para-hydroxylation sites is 1. The molecule has 0 unspecified atom stereocenters. The Hall–Kier alpha value is -4.01. The second-order valence-electron chi connectivity index (χ2n) is 7.03. The van der Waals surface area contributed by atoms with Crippen molar-refractivity contribution in [2.75, 3.05) is 0 Å². The van der Waals surface area contributed by atoms with E-state index in [1.54, 1.807) is 12.3 Å². The predicted octanol–water partition coefficient (Wildman–Crippen LogP) is 4.59. The third-order valence-corrected chi connectivity index (χ3v) is 4.90. The van der Waals surface area contributed by atoms with Crippen LogP contribution in [0.3, 0.4) is 0 Å². The van der Waals surface area contributed by atoms with Crippen molar-refractivity contribution in [3.8, 4) is 16.9 Å². The average Bonchev–Trinajstić information content (AvgIpc) is 3.27. The molecule has 0 aliphatic rings. The first-order valence-electron chi connectivity index (χ1n) is 9.37. The molecule has 5 aromatic rings. The molecule has 6 nitrogen and oxygen atoms in total. The topological polar surface area (TPSA) is 64.3 Å². The fourth-order valence-electron chi connectivity index (χ4n) is 3.50. The maximum Gasteiger partial charge on any atom is 0.573 e. The molecule has 0 saturated heterocycles. The molecule has 0 aliphatic heterocycles. The molecule has 0 aliphatic carbocycles. The Bertz CT molecular complexity index is 1450. The van der Waals surface area contributed by atoms with Crippen LogP contribution in [0.1, 0.15) is 5.69 Å². The summed E-state index contributed by atoms with van der Waals surface area (Å²) in [5.74, 6) is -0.300. The first-order chi connectivity index (χ1) is 14.9. The van der Waals surface area contributed by atoms with Crippen LogP contribution in [0.2, 0.25) is 0 Å². The lowest BCUT2D eigenvalue weighted by atomic mass is 10.1. The Morgan fingerprint density at radius 3 is 2.48 bits per heavy atom. The van der Waals surface area contributed by atoms with Gasteiger partial charge in [-0.2, -0.15) is 0 Å². The van der Waals surface area contributed by atoms with Gasteiger partial charge in [0.1, 0.15) is 11.4 Å². The van der Waals surface area contributed by atoms with E-state index < -0.39 is 6.36 Å². The maximum atomic E-state index is 12.8. The smallest absolute Gasteiger partial charge is 0.406 e. The molecule has 5 rings (SSSR count). The molecule has 31 heavy (non-hydrogen) atoms. The Labute approximate surface area is 173 Å². The Morgan fingerprint density at radius 1 is 0.968 bits per heavy atom. The van der Waals surface area contributed by atoms with Crippen LogP contribution in [0, 0.1) is 0 Å². The highest BCUT2D eigenvalue weighted by Crippen LogP contribution is 2.27. The molecule has 0 saturated carbocycles. The highest BCUT2D eigenvalue weighted by Gasteiger charge is 2.31. The highest BCUT2D eigenvalue weighted by molar-refractivity contribution is 5.78. The SMILES string of the molecule is O=c1n(Cc2ccc3ccccc3n2)[nH]c2cc(-c3ccc(OC(F)(F)F)cc3)cn12. The van der Waals surface area contributed by atoms with Gasteiger partial charge in [0, 0.05) is 17.1 Å². The molecule has 0 bridgehead atoms. The summed E-state index contributed by atoms with van der Waals surface area (Å²) in [6.07, 6.45) is -3.10. The van der Waals surface area contributed by atoms with Crippen LogP contribution in [-0.4, -0.2) is 25.5 Å². The van der Waals surface area contributed by atoms with Gasteiger partial charge in [0.2, 0.25) is 0 Å². The molecule has 3 aromatic heterocycles. The van der Waals surface area contributed by atoms with Crippen molar-refractivity contribution < 1.29 is 17.9 Å². The number of hydrogen-bond acceptors (Lipinski definition) is 3. The lowest BCUT2D eigenvalue weighted by Crippen LogP contribution is -2.21. The highest BCUT2D eigenvalue weighted by atomic mass is 19.4. The Morgan fingerprint density at radius 2 is 1.74 bits per heavy atom. The number of alkyl halides is 3. The molecule has 0 fully saturated rings. The largest absolute Gasteiger partial charge is 0.573 e. The molecule has 156 valence electrons. The molecule has 0 atom stereocenters. The van der Waals surface area contributed by atoms with Crippen LogP contribution in [-0.2, 0) is 6.54 Å². The summed E-state index contributed by atoms with van der Waals surface area (Å²) in [5, 5.41) is 4.07. The van der Waals surface area contributed by atoms with Gasteiger partial charge in [-0.1, -0.05) is 36.4 Å². The van der Waals surface area contributed by atoms with Gasteiger partial charge < -0.3 is 4.74 Å². The minimum atomic E-state index is -4.74. The summed E-state index contributed by atoms with van der Waals surface area (Å²) < 4.78 is 43.7. The number of pyridine rings is 1. The lowest BCUT2D eigenvalue weighted by molar-refractivity contribution is -0.274. The summed E-state index contributed by atoms with van der Waals surface area (Å²) in [7, 11) is 0. The summed E-state index contributed by atoms with van der Waals surface area (Å²) in [6, 6.07) is 18.8.